The van der Waals surface area contributed by atoms with Crippen LogP contribution in [0.3, 0.4) is 0 Å². The van der Waals surface area contributed by atoms with Crippen LogP contribution < -0.4 is 10.6 Å². The minimum atomic E-state index is -0.489. The Morgan fingerprint density at radius 3 is 2.43 bits per heavy atom. The van der Waals surface area contributed by atoms with Crippen LogP contribution >= 0.6 is 0 Å². The van der Waals surface area contributed by atoms with Crippen molar-refractivity contribution >= 4 is 5.91 Å². The smallest absolute Gasteiger partial charge is 0.239 e. The standard InChI is InChI=1S/C10H20N2O2/c1-10(2,9(13)11-3)12-8-4-6-14-7-5-8/h8,12H,4-7H2,1-3H3,(H,11,13). The molecule has 82 valence electrons. The Balaban J connectivity index is 2.44. The zero-order valence-corrected chi connectivity index (χ0v) is 9.22. The Bertz CT molecular complexity index is 198. The summed E-state index contributed by atoms with van der Waals surface area (Å²) in [7, 11) is 1.66. The van der Waals surface area contributed by atoms with E-state index < -0.39 is 5.54 Å². The maximum Gasteiger partial charge on any atom is 0.239 e. The quantitative estimate of drug-likeness (QED) is 0.688. The van der Waals surface area contributed by atoms with Crippen LogP contribution in [0.2, 0.25) is 0 Å². The molecule has 0 unspecified atom stereocenters. The highest BCUT2D eigenvalue weighted by atomic mass is 16.5. The van der Waals surface area contributed by atoms with Gasteiger partial charge in [0.1, 0.15) is 0 Å². The first kappa shape index (κ1) is 11.5. The average Bonchev–Trinajstić information content (AvgIpc) is 2.17. The lowest BCUT2D eigenvalue weighted by Gasteiger charge is -2.32. The second-order valence-corrected chi connectivity index (χ2v) is 4.24. The van der Waals surface area contributed by atoms with Crippen molar-refractivity contribution in [3.8, 4) is 0 Å². The molecular weight excluding hydrogens is 180 g/mol. The molecule has 4 heteroatoms. The maximum atomic E-state index is 11.5. The average molecular weight is 200 g/mol. The molecule has 0 aromatic heterocycles. The Labute approximate surface area is 85.4 Å². The van der Waals surface area contributed by atoms with Crippen LogP contribution in [-0.4, -0.2) is 37.7 Å². The van der Waals surface area contributed by atoms with Gasteiger partial charge in [0, 0.05) is 26.3 Å². The fourth-order valence-electron chi connectivity index (χ4n) is 1.73. The number of carbonyl (C=O) groups excluding carboxylic acids is 1. The molecule has 1 rings (SSSR count). The number of carbonyl (C=O) groups is 1. The van der Waals surface area contributed by atoms with Crippen LogP contribution in [0.5, 0.6) is 0 Å². The number of hydrogen-bond donors (Lipinski definition) is 2. The summed E-state index contributed by atoms with van der Waals surface area (Å²) in [6, 6.07) is 0.399. The van der Waals surface area contributed by atoms with Crippen molar-refractivity contribution in [2.45, 2.75) is 38.3 Å². The Hall–Kier alpha value is -0.610. The topological polar surface area (TPSA) is 50.4 Å². The summed E-state index contributed by atoms with van der Waals surface area (Å²) in [5.74, 6) is 0.0315. The molecule has 1 aliphatic heterocycles. The van der Waals surface area contributed by atoms with E-state index in [2.05, 4.69) is 10.6 Å². The van der Waals surface area contributed by atoms with E-state index in [0.29, 0.717) is 6.04 Å². The van der Waals surface area contributed by atoms with E-state index in [4.69, 9.17) is 4.74 Å². The Morgan fingerprint density at radius 1 is 1.36 bits per heavy atom. The number of rotatable bonds is 3. The minimum Gasteiger partial charge on any atom is -0.381 e. The van der Waals surface area contributed by atoms with Crippen LogP contribution in [0, 0.1) is 0 Å². The van der Waals surface area contributed by atoms with Gasteiger partial charge in [0.05, 0.1) is 5.54 Å². The molecule has 0 saturated carbocycles. The van der Waals surface area contributed by atoms with Gasteiger partial charge in [0.25, 0.3) is 0 Å². The maximum absolute atomic E-state index is 11.5. The molecule has 1 fully saturated rings. The van der Waals surface area contributed by atoms with Gasteiger partial charge in [-0.2, -0.15) is 0 Å². The fourth-order valence-corrected chi connectivity index (χ4v) is 1.73. The molecular formula is C10H20N2O2. The summed E-state index contributed by atoms with van der Waals surface area (Å²) >= 11 is 0. The zero-order valence-electron chi connectivity index (χ0n) is 9.22. The highest BCUT2D eigenvalue weighted by molar-refractivity contribution is 5.85. The molecule has 0 aliphatic carbocycles. The first-order valence-electron chi connectivity index (χ1n) is 5.14. The van der Waals surface area contributed by atoms with E-state index in [1.54, 1.807) is 7.05 Å². The molecule has 2 N–H and O–H groups in total. The van der Waals surface area contributed by atoms with Crippen molar-refractivity contribution < 1.29 is 9.53 Å². The largest absolute Gasteiger partial charge is 0.381 e. The SMILES string of the molecule is CNC(=O)C(C)(C)NC1CCOCC1. The van der Waals surface area contributed by atoms with Crippen molar-refractivity contribution in [3.05, 3.63) is 0 Å². The number of likely N-dealkylation sites (N-methyl/N-ethyl adjacent to an activating group) is 1. The number of hydrogen-bond acceptors (Lipinski definition) is 3. The van der Waals surface area contributed by atoms with Gasteiger partial charge in [0.15, 0.2) is 0 Å². The molecule has 0 aromatic rings. The van der Waals surface area contributed by atoms with Crippen LogP contribution in [-0.2, 0) is 9.53 Å². The summed E-state index contributed by atoms with van der Waals surface area (Å²) in [6.45, 7) is 5.39. The normalized spacial score (nSPS) is 19.4. The van der Waals surface area contributed by atoms with E-state index in [0.717, 1.165) is 26.1 Å². The third-order valence-corrected chi connectivity index (χ3v) is 2.58. The van der Waals surface area contributed by atoms with Gasteiger partial charge in [-0.3, -0.25) is 4.79 Å². The lowest BCUT2D eigenvalue weighted by molar-refractivity contribution is -0.126. The van der Waals surface area contributed by atoms with Gasteiger partial charge in [-0.1, -0.05) is 0 Å². The summed E-state index contributed by atoms with van der Waals surface area (Å²) < 4.78 is 5.26. The summed E-state index contributed by atoms with van der Waals surface area (Å²) in [5.41, 5.74) is -0.489. The third kappa shape index (κ3) is 2.96. The fraction of sp³-hybridized carbons (Fsp3) is 0.900. The highest BCUT2D eigenvalue weighted by Crippen LogP contribution is 2.11. The van der Waals surface area contributed by atoms with Crippen molar-refractivity contribution in [1.82, 2.24) is 10.6 Å². The van der Waals surface area contributed by atoms with Gasteiger partial charge in [0.2, 0.25) is 5.91 Å². The minimum absolute atomic E-state index is 0.0315. The van der Waals surface area contributed by atoms with E-state index in [-0.39, 0.29) is 5.91 Å². The van der Waals surface area contributed by atoms with Crippen molar-refractivity contribution in [1.29, 1.82) is 0 Å². The molecule has 1 saturated heterocycles. The van der Waals surface area contributed by atoms with Crippen molar-refractivity contribution in [2.75, 3.05) is 20.3 Å². The van der Waals surface area contributed by atoms with Gasteiger partial charge < -0.3 is 15.4 Å². The van der Waals surface area contributed by atoms with Crippen LogP contribution in [0.15, 0.2) is 0 Å². The predicted molar refractivity (Wildman–Crippen MR) is 55.1 cm³/mol. The number of nitrogens with one attached hydrogen (secondary N) is 2. The van der Waals surface area contributed by atoms with Crippen LogP contribution in [0.25, 0.3) is 0 Å². The molecule has 0 bridgehead atoms. The van der Waals surface area contributed by atoms with E-state index >= 15 is 0 Å². The third-order valence-electron chi connectivity index (χ3n) is 2.58. The molecule has 4 nitrogen and oxygen atoms in total. The number of ether oxygens (including phenoxy) is 1. The van der Waals surface area contributed by atoms with Crippen LogP contribution in [0.1, 0.15) is 26.7 Å². The monoisotopic (exact) mass is 200 g/mol. The van der Waals surface area contributed by atoms with Crippen LogP contribution in [0.4, 0.5) is 0 Å². The molecule has 0 aromatic carbocycles. The lowest BCUT2D eigenvalue weighted by Crippen LogP contribution is -2.56. The van der Waals surface area contributed by atoms with E-state index in [1.165, 1.54) is 0 Å². The summed E-state index contributed by atoms with van der Waals surface area (Å²) in [5, 5.41) is 6.02. The van der Waals surface area contributed by atoms with Gasteiger partial charge >= 0.3 is 0 Å². The van der Waals surface area contributed by atoms with Gasteiger partial charge in [-0.05, 0) is 26.7 Å². The molecule has 14 heavy (non-hydrogen) atoms. The predicted octanol–water partition coefficient (Wildman–Crippen LogP) is 0.280. The van der Waals surface area contributed by atoms with Gasteiger partial charge in [-0.15, -0.1) is 0 Å². The first-order chi connectivity index (χ1) is 6.56. The molecule has 0 radical (unpaired) electrons. The van der Waals surface area contributed by atoms with E-state index in [9.17, 15) is 4.79 Å². The molecule has 0 spiro atoms. The van der Waals surface area contributed by atoms with Crippen molar-refractivity contribution in [3.63, 3.8) is 0 Å². The molecule has 1 amide bonds. The summed E-state index contributed by atoms with van der Waals surface area (Å²) in [4.78, 5) is 11.5. The molecule has 1 aliphatic rings. The zero-order chi connectivity index (χ0) is 10.6. The lowest BCUT2D eigenvalue weighted by atomic mass is 9.99. The number of amides is 1. The highest BCUT2D eigenvalue weighted by Gasteiger charge is 2.29. The van der Waals surface area contributed by atoms with Gasteiger partial charge in [-0.25, -0.2) is 0 Å². The Kier molecular flexibility index (Phi) is 3.89. The first-order valence-corrected chi connectivity index (χ1v) is 5.14. The second-order valence-electron chi connectivity index (χ2n) is 4.24. The second kappa shape index (κ2) is 4.75. The van der Waals surface area contributed by atoms with Crippen molar-refractivity contribution in [2.24, 2.45) is 0 Å². The molecule has 1 heterocycles. The van der Waals surface area contributed by atoms with E-state index in [1.807, 2.05) is 13.8 Å². The Morgan fingerprint density at radius 2 is 1.93 bits per heavy atom. The molecule has 0 atom stereocenters. The summed E-state index contributed by atoms with van der Waals surface area (Å²) in [6.07, 6.45) is 1.97.